The van der Waals surface area contributed by atoms with Crippen LogP contribution < -0.4 is 19.5 Å². The lowest BCUT2D eigenvalue weighted by molar-refractivity contribution is -0.111. The molecule has 0 atom stereocenters. The van der Waals surface area contributed by atoms with Gasteiger partial charge in [-0.3, -0.25) is 4.79 Å². The summed E-state index contributed by atoms with van der Waals surface area (Å²) in [4.78, 5) is 25.4. The van der Waals surface area contributed by atoms with E-state index >= 15 is 0 Å². The Balaban J connectivity index is 1.82. The Morgan fingerprint density at radius 1 is 1.03 bits per heavy atom. The summed E-state index contributed by atoms with van der Waals surface area (Å²) in [5.74, 6) is 1.05. The maximum absolute atomic E-state index is 12.7. The predicted molar refractivity (Wildman–Crippen MR) is 139 cm³/mol. The fourth-order valence-corrected chi connectivity index (χ4v) is 4.26. The van der Waals surface area contributed by atoms with E-state index in [-0.39, 0.29) is 18.6 Å². The van der Waals surface area contributed by atoms with Crippen molar-refractivity contribution in [2.24, 2.45) is 0 Å². The maximum Gasteiger partial charge on any atom is 0.341 e. The summed E-state index contributed by atoms with van der Waals surface area (Å²) in [6.07, 6.45) is 3.08. The molecule has 0 fully saturated rings. The van der Waals surface area contributed by atoms with E-state index in [1.807, 2.05) is 49.6 Å². The fourth-order valence-electron chi connectivity index (χ4n) is 3.30. The van der Waals surface area contributed by atoms with E-state index in [0.29, 0.717) is 33.4 Å². The Hall–Kier alpha value is -3.78. The quantitative estimate of drug-likeness (QED) is 0.272. The van der Waals surface area contributed by atoms with Gasteiger partial charge in [-0.25, -0.2) is 4.79 Å². The SMILES string of the molecule is CCOC(=O)c1c(-c2ccc(OC)cc2)csc1NC(=O)C=Cc1ccc(OC(C)C)c(OC)c1. The molecule has 1 N–H and O–H groups in total. The highest BCUT2D eigenvalue weighted by atomic mass is 32.1. The average Bonchev–Trinajstić information content (AvgIpc) is 3.26. The first kappa shape index (κ1) is 25.8. The van der Waals surface area contributed by atoms with Crippen LogP contribution in [-0.2, 0) is 9.53 Å². The van der Waals surface area contributed by atoms with Crippen LogP contribution in [0.15, 0.2) is 53.9 Å². The number of thiophene rings is 1. The van der Waals surface area contributed by atoms with Crippen molar-refractivity contribution in [3.05, 3.63) is 65.0 Å². The Labute approximate surface area is 209 Å². The molecule has 2 aromatic carbocycles. The molecule has 1 heterocycles. The molecule has 1 amide bonds. The van der Waals surface area contributed by atoms with Crippen LogP contribution in [0.5, 0.6) is 17.2 Å². The molecule has 184 valence electrons. The Bertz CT molecular complexity index is 1200. The molecular weight excluding hydrogens is 466 g/mol. The zero-order valence-corrected chi connectivity index (χ0v) is 21.2. The van der Waals surface area contributed by atoms with Gasteiger partial charge in [-0.05, 0) is 62.2 Å². The number of carbonyl (C=O) groups excluding carboxylic acids is 2. The van der Waals surface area contributed by atoms with E-state index in [1.165, 1.54) is 17.4 Å². The molecule has 0 radical (unpaired) electrons. The lowest BCUT2D eigenvalue weighted by Gasteiger charge is -2.13. The van der Waals surface area contributed by atoms with Crippen molar-refractivity contribution < 1.29 is 28.5 Å². The third kappa shape index (κ3) is 6.64. The predicted octanol–water partition coefficient (Wildman–Crippen LogP) is 6.05. The first-order valence-electron chi connectivity index (χ1n) is 11.1. The van der Waals surface area contributed by atoms with Gasteiger partial charge in [0.2, 0.25) is 5.91 Å². The third-order valence-corrected chi connectivity index (χ3v) is 5.78. The van der Waals surface area contributed by atoms with Crippen molar-refractivity contribution in [1.29, 1.82) is 0 Å². The van der Waals surface area contributed by atoms with Crippen molar-refractivity contribution in [2.45, 2.75) is 26.9 Å². The molecule has 0 aliphatic heterocycles. The third-order valence-electron chi connectivity index (χ3n) is 4.89. The van der Waals surface area contributed by atoms with Crippen LogP contribution in [-0.4, -0.2) is 38.8 Å². The van der Waals surface area contributed by atoms with Crippen LogP contribution in [0.4, 0.5) is 5.00 Å². The van der Waals surface area contributed by atoms with Crippen LogP contribution in [0.2, 0.25) is 0 Å². The van der Waals surface area contributed by atoms with Gasteiger partial charge in [-0.15, -0.1) is 11.3 Å². The van der Waals surface area contributed by atoms with Gasteiger partial charge in [0, 0.05) is 17.0 Å². The average molecular weight is 496 g/mol. The second kappa shape index (κ2) is 12.1. The molecule has 1 aromatic heterocycles. The summed E-state index contributed by atoms with van der Waals surface area (Å²) in [6.45, 7) is 5.84. The molecule has 0 saturated carbocycles. The molecular formula is C27H29NO6S. The normalized spacial score (nSPS) is 10.9. The highest BCUT2D eigenvalue weighted by Gasteiger charge is 2.22. The maximum atomic E-state index is 12.7. The van der Waals surface area contributed by atoms with Crippen LogP contribution in [0.25, 0.3) is 17.2 Å². The highest BCUT2D eigenvalue weighted by molar-refractivity contribution is 7.15. The standard InChI is InChI=1S/C27H29NO6S/c1-6-33-27(30)25-21(19-9-11-20(31-4)12-10-19)16-35-26(25)28-24(29)14-8-18-7-13-22(34-17(2)3)23(15-18)32-5/h7-17H,6H2,1-5H3,(H,28,29). The number of carbonyl (C=O) groups is 2. The number of anilines is 1. The molecule has 0 aliphatic carbocycles. The van der Waals surface area contributed by atoms with Gasteiger partial charge >= 0.3 is 5.97 Å². The van der Waals surface area contributed by atoms with E-state index in [0.717, 1.165) is 11.1 Å². The number of rotatable bonds is 10. The molecule has 3 aromatic rings. The van der Waals surface area contributed by atoms with Gasteiger partial charge < -0.3 is 24.3 Å². The number of methoxy groups -OCH3 is 2. The first-order chi connectivity index (χ1) is 16.9. The zero-order valence-electron chi connectivity index (χ0n) is 20.4. The number of hydrogen-bond acceptors (Lipinski definition) is 7. The number of hydrogen-bond donors (Lipinski definition) is 1. The summed E-state index contributed by atoms with van der Waals surface area (Å²) in [5, 5.41) is 5.05. The summed E-state index contributed by atoms with van der Waals surface area (Å²) in [6, 6.07) is 12.8. The summed E-state index contributed by atoms with van der Waals surface area (Å²) < 4.78 is 21.6. The molecule has 3 rings (SSSR count). The van der Waals surface area contributed by atoms with Crippen molar-refractivity contribution in [2.75, 3.05) is 26.1 Å². The highest BCUT2D eigenvalue weighted by Crippen LogP contribution is 2.37. The topological polar surface area (TPSA) is 83.1 Å². The van der Waals surface area contributed by atoms with Crippen molar-refractivity contribution in [3.63, 3.8) is 0 Å². The minimum Gasteiger partial charge on any atom is -0.497 e. The van der Waals surface area contributed by atoms with Gasteiger partial charge in [0.1, 0.15) is 16.3 Å². The van der Waals surface area contributed by atoms with Crippen LogP contribution in [0.1, 0.15) is 36.7 Å². The molecule has 0 bridgehead atoms. The number of amides is 1. The van der Waals surface area contributed by atoms with E-state index in [9.17, 15) is 9.59 Å². The van der Waals surface area contributed by atoms with Gasteiger partial charge in [0.25, 0.3) is 0 Å². The van der Waals surface area contributed by atoms with E-state index in [4.69, 9.17) is 18.9 Å². The molecule has 35 heavy (non-hydrogen) atoms. The van der Waals surface area contributed by atoms with Crippen molar-refractivity contribution >= 4 is 34.3 Å². The van der Waals surface area contributed by atoms with E-state index in [1.54, 1.807) is 39.4 Å². The second-order valence-corrected chi connectivity index (χ2v) is 8.58. The zero-order chi connectivity index (χ0) is 25.4. The van der Waals surface area contributed by atoms with Gasteiger partial charge in [-0.2, -0.15) is 0 Å². The monoisotopic (exact) mass is 495 g/mol. The van der Waals surface area contributed by atoms with Crippen LogP contribution >= 0.6 is 11.3 Å². The van der Waals surface area contributed by atoms with Gasteiger partial charge in [-0.1, -0.05) is 18.2 Å². The largest absolute Gasteiger partial charge is 0.497 e. The minimum atomic E-state index is -0.496. The summed E-state index contributed by atoms with van der Waals surface area (Å²) in [5.41, 5.74) is 2.59. The van der Waals surface area contributed by atoms with Crippen molar-refractivity contribution in [3.8, 4) is 28.4 Å². The van der Waals surface area contributed by atoms with Crippen molar-refractivity contribution in [1.82, 2.24) is 0 Å². The minimum absolute atomic E-state index is 0.0123. The molecule has 0 spiro atoms. The lowest BCUT2D eigenvalue weighted by atomic mass is 10.0. The Kier molecular flexibility index (Phi) is 8.92. The van der Waals surface area contributed by atoms with Gasteiger partial charge in [0.05, 0.1) is 26.9 Å². The van der Waals surface area contributed by atoms with Crippen LogP contribution in [0.3, 0.4) is 0 Å². The molecule has 0 aliphatic rings. The number of esters is 1. The number of nitrogens with one attached hydrogen (secondary N) is 1. The lowest BCUT2D eigenvalue weighted by Crippen LogP contribution is -2.12. The van der Waals surface area contributed by atoms with E-state index < -0.39 is 5.97 Å². The fraction of sp³-hybridized carbons (Fsp3) is 0.259. The number of benzene rings is 2. The van der Waals surface area contributed by atoms with E-state index in [2.05, 4.69) is 5.32 Å². The van der Waals surface area contributed by atoms with Gasteiger partial charge in [0.15, 0.2) is 11.5 Å². The molecule has 8 heteroatoms. The molecule has 7 nitrogen and oxygen atoms in total. The van der Waals surface area contributed by atoms with Crippen LogP contribution in [0, 0.1) is 0 Å². The molecule has 0 unspecified atom stereocenters. The Morgan fingerprint density at radius 2 is 1.77 bits per heavy atom. The Morgan fingerprint density at radius 3 is 2.40 bits per heavy atom. The summed E-state index contributed by atoms with van der Waals surface area (Å²) >= 11 is 1.26. The first-order valence-corrected chi connectivity index (χ1v) is 12.0. The molecule has 0 saturated heterocycles. The second-order valence-electron chi connectivity index (χ2n) is 7.70. The summed E-state index contributed by atoms with van der Waals surface area (Å²) in [7, 11) is 3.16. The smallest absolute Gasteiger partial charge is 0.341 e. The number of ether oxygens (including phenoxy) is 4.